The highest BCUT2D eigenvalue weighted by atomic mass is 35.5. The highest BCUT2D eigenvalue weighted by molar-refractivity contribution is 7.12. The fourth-order valence-electron chi connectivity index (χ4n) is 1.50. The van der Waals surface area contributed by atoms with E-state index in [-0.39, 0.29) is 10.8 Å². The van der Waals surface area contributed by atoms with Crippen LogP contribution in [0.25, 0.3) is 11.4 Å². The molecule has 0 amide bonds. The Kier molecular flexibility index (Phi) is 2.95. The summed E-state index contributed by atoms with van der Waals surface area (Å²) in [6.45, 7) is 5.59. The van der Waals surface area contributed by atoms with Gasteiger partial charge in [-0.15, -0.1) is 11.3 Å². The van der Waals surface area contributed by atoms with Gasteiger partial charge in [-0.3, -0.25) is 0 Å². The van der Waals surface area contributed by atoms with Crippen LogP contribution < -0.4 is 0 Å². The Hall–Kier alpha value is -1.00. The molecule has 0 aliphatic rings. The number of thiophene rings is 1. The second-order valence-corrected chi connectivity index (χ2v) is 5.38. The molecule has 2 aromatic heterocycles. The van der Waals surface area contributed by atoms with E-state index in [1.54, 1.807) is 18.3 Å². The van der Waals surface area contributed by atoms with E-state index in [0.29, 0.717) is 5.82 Å². The summed E-state index contributed by atoms with van der Waals surface area (Å²) in [5.41, 5.74) is 1.20. The van der Waals surface area contributed by atoms with E-state index in [0.717, 1.165) is 10.4 Å². The van der Waals surface area contributed by atoms with Gasteiger partial charge in [-0.2, -0.15) is 0 Å². The van der Waals surface area contributed by atoms with Crippen LogP contribution in [-0.2, 0) is 0 Å². The molecule has 0 unspecified atom stereocenters. The van der Waals surface area contributed by atoms with Gasteiger partial charge in [0.2, 0.25) is 0 Å². The Bertz CT molecular complexity index is 528. The van der Waals surface area contributed by atoms with Gasteiger partial charge in [0.05, 0.1) is 5.69 Å². The predicted octanol–water partition coefficient (Wildman–Crippen LogP) is 3.92. The van der Waals surface area contributed by atoms with Crippen LogP contribution in [0.2, 0.25) is 5.15 Å². The molecule has 16 heavy (non-hydrogen) atoms. The third kappa shape index (κ3) is 1.95. The lowest BCUT2D eigenvalue weighted by molar-refractivity contribution is 0.603. The molecular formula is C11H10ClFN2S. The lowest BCUT2D eigenvalue weighted by Crippen LogP contribution is -1.97. The fourth-order valence-corrected chi connectivity index (χ4v) is 2.63. The molecule has 0 saturated heterocycles. The Morgan fingerprint density at radius 3 is 2.44 bits per heavy atom. The van der Waals surface area contributed by atoms with Crippen molar-refractivity contribution in [3.63, 3.8) is 0 Å². The van der Waals surface area contributed by atoms with Crippen LogP contribution in [-0.4, -0.2) is 9.97 Å². The minimum Gasteiger partial charge on any atom is -0.230 e. The summed E-state index contributed by atoms with van der Waals surface area (Å²) >= 11 is 7.37. The highest BCUT2D eigenvalue weighted by Gasteiger charge is 2.13. The minimum absolute atomic E-state index is 0.120. The largest absolute Gasteiger partial charge is 0.230 e. The van der Waals surface area contributed by atoms with Crippen LogP contribution >= 0.6 is 22.9 Å². The van der Waals surface area contributed by atoms with Gasteiger partial charge in [-0.05, 0) is 26.8 Å². The molecule has 0 spiro atoms. The average molecular weight is 257 g/mol. The van der Waals surface area contributed by atoms with Gasteiger partial charge in [0, 0.05) is 15.3 Å². The van der Waals surface area contributed by atoms with Gasteiger partial charge >= 0.3 is 0 Å². The number of hydrogen-bond donors (Lipinski definition) is 0. The lowest BCUT2D eigenvalue weighted by atomic mass is 10.2. The van der Waals surface area contributed by atoms with E-state index >= 15 is 0 Å². The average Bonchev–Trinajstić information content (AvgIpc) is 2.53. The number of aromatic nitrogens is 2. The summed E-state index contributed by atoms with van der Waals surface area (Å²) in [6.07, 6.45) is 0. The zero-order valence-electron chi connectivity index (χ0n) is 9.14. The number of hydrogen-bond acceptors (Lipinski definition) is 3. The first-order valence-electron chi connectivity index (χ1n) is 4.76. The van der Waals surface area contributed by atoms with Crippen LogP contribution in [0.5, 0.6) is 0 Å². The molecular weight excluding hydrogens is 247 g/mol. The quantitative estimate of drug-likeness (QED) is 0.723. The molecule has 0 atom stereocenters. The predicted molar refractivity (Wildman–Crippen MR) is 64.5 cm³/mol. The van der Waals surface area contributed by atoms with Crippen LogP contribution in [0.15, 0.2) is 6.07 Å². The zero-order chi connectivity index (χ0) is 11.9. The fraction of sp³-hybridized carbons (Fsp3) is 0.273. The summed E-state index contributed by atoms with van der Waals surface area (Å²) in [7, 11) is 0. The summed E-state index contributed by atoms with van der Waals surface area (Å²) in [4.78, 5) is 10.4. The monoisotopic (exact) mass is 256 g/mol. The van der Waals surface area contributed by atoms with Gasteiger partial charge < -0.3 is 0 Å². The van der Waals surface area contributed by atoms with E-state index in [1.807, 2.05) is 19.9 Å². The molecule has 2 aromatic rings. The zero-order valence-corrected chi connectivity index (χ0v) is 10.7. The summed E-state index contributed by atoms with van der Waals surface area (Å²) < 4.78 is 13.3. The van der Waals surface area contributed by atoms with Gasteiger partial charge in [0.1, 0.15) is 0 Å². The van der Waals surface area contributed by atoms with Crippen molar-refractivity contribution >= 4 is 22.9 Å². The summed E-state index contributed by atoms with van der Waals surface area (Å²) in [6, 6.07) is 1.99. The van der Waals surface area contributed by atoms with Crippen molar-refractivity contribution in [2.45, 2.75) is 20.8 Å². The first kappa shape index (κ1) is 11.5. The third-order valence-corrected chi connectivity index (χ3v) is 3.47. The third-order valence-electron chi connectivity index (χ3n) is 2.26. The molecule has 0 aliphatic heterocycles. The van der Waals surface area contributed by atoms with Crippen molar-refractivity contribution in [3.8, 4) is 11.4 Å². The minimum atomic E-state index is -0.546. The SMILES string of the molecule is Cc1cc(-c2nc(C)c(F)c(Cl)n2)c(C)s1. The van der Waals surface area contributed by atoms with E-state index in [2.05, 4.69) is 9.97 Å². The van der Waals surface area contributed by atoms with Crippen molar-refractivity contribution in [2.75, 3.05) is 0 Å². The smallest absolute Gasteiger partial charge is 0.181 e. The Morgan fingerprint density at radius 1 is 1.25 bits per heavy atom. The molecule has 2 heterocycles. The van der Waals surface area contributed by atoms with E-state index in [4.69, 9.17) is 11.6 Å². The summed E-state index contributed by atoms with van der Waals surface area (Å²) in [5.74, 6) is -0.0548. The highest BCUT2D eigenvalue weighted by Crippen LogP contribution is 2.29. The lowest BCUT2D eigenvalue weighted by Gasteiger charge is -2.02. The van der Waals surface area contributed by atoms with Gasteiger partial charge in [-0.1, -0.05) is 11.6 Å². The van der Waals surface area contributed by atoms with E-state index in [9.17, 15) is 4.39 Å². The molecule has 0 aliphatic carbocycles. The van der Waals surface area contributed by atoms with Crippen LogP contribution in [0.3, 0.4) is 0 Å². The Morgan fingerprint density at radius 2 is 1.94 bits per heavy atom. The Balaban J connectivity index is 2.61. The molecule has 0 fully saturated rings. The number of aryl methyl sites for hydroxylation is 3. The van der Waals surface area contributed by atoms with Crippen molar-refractivity contribution in [1.29, 1.82) is 0 Å². The normalized spacial score (nSPS) is 10.8. The first-order chi connectivity index (χ1) is 7.49. The maximum absolute atomic E-state index is 13.3. The van der Waals surface area contributed by atoms with E-state index < -0.39 is 5.82 Å². The molecule has 2 nitrogen and oxygen atoms in total. The number of halogens is 2. The standard InChI is InChI=1S/C11H10ClFN2S/c1-5-4-8(7(3)16-5)11-14-6(2)9(13)10(12)15-11/h4H,1-3H3. The molecule has 0 radical (unpaired) electrons. The number of nitrogens with zero attached hydrogens (tertiary/aromatic N) is 2. The molecule has 84 valence electrons. The van der Waals surface area contributed by atoms with Crippen molar-refractivity contribution < 1.29 is 4.39 Å². The molecule has 2 rings (SSSR count). The molecule has 5 heteroatoms. The van der Waals surface area contributed by atoms with Crippen LogP contribution in [0.4, 0.5) is 4.39 Å². The van der Waals surface area contributed by atoms with Gasteiger partial charge in [0.25, 0.3) is 0 Å². The van der Waals surface area contributed by atoms with Crippen molar-refractivity contribution in [1.82, 2.24) is 9.97 Å². The number of rotatable bonds is 1. The maximum Gasteiger partial charge on any atom is 0.181 e. The molecule has 0 aromatic carbocycles. The van der Waals surface area contributed by atoms with Crippen molar-refractivity contribution in [3.05, 3.63) is 32.5 Å². The molecule has 0 bridgehead atoms. The topological polar surface area (TPSA) is 25.8 Å². The van der Waals surface area contributed by atoms with Crippen LogP contribution in [0.1, 0.15) is 15.4 Å². The molecule has 0 N–H and O–H groups in total. The van der Waals surface area contributed by atoms with Crippen LogP contribution in [0, 0.1) is 26.6 Å². The van der Waals surface area contributed by atoms with Gasteiger partial charge in [0.15, 0.2) is 16.8 Å². The van der Waals surface area contributed by atoms with E-state index in [1.165, 1.54) is 4.88 Å². The summed E-state index contributed by atoms with van der Waals surface area (Å²) in [5, 5.41) is -0.120. The maximum atomic E-state index is 13.3. The van der Waals surface area contributed by atoms with Gasteiger partial charge in [-0.25, -0.2) is 14.4 Å². The first-order valence-corrected chi connectivity index (χ1v) is 5.95. The molecule has 0 saturated carbocycles. The van der Waals surface area contributed by atoms with Crippen molar-refractivity contribution in [2.24, 2.45) is 0 Å². The second-order valence-electron chi connectivity index (χ2n) is 3.56. The second kappa shape index (κ2) is 4.11. The Labute approximate surface area is 102 Å².